The maximum Gasteiger partial charge on any atom is 0.165 e. The number of rotatable bonds is 4. The van der Waals surface area contributed by atoms with Gasteiger partial charge in [0.1, 0.15) is 11.4 Å². The number of hydrogen-bond acceptors (Lipinski definition) is 4. The van der Waals surface area contributed by atoms with Crippen molar-refractivity contribution in [1.82, 2.24) is 4.90 Å². The van der Waals surface area contributed by atoms with E-state index >= 15 is 0 Å². The van der Waals surface area contributed by atoms with Crippen molar-refractivity contribution in [3.63, 3.8) is 0 Å². The smallest absolute Gasteiger partial charge is 0.165 e. The molecule has 16 heavy (non-hydrogen) atoms. The van der Waals surface area contributed by atoms with Crippen LogP contribution in [-0.4, -0.2) is 48.9 Å². The van der Waals surface area contributed by atoms with Gasteiger partial charge in [0.2, 0.25) is 0 Å². The average Bonchev–Trinajstić information content (AvgIpc) is 2.32. The Morgan fingerprint density at radius 2 is 2.12 bits per heavy atom. The highest BCUT2D eigenvalue weighted by atomic mass is 35.5. The molecule has 0 amide bonds. The van der Waals surface area contributed by atoms with E-state index in [1.54, 1.807) is 14.2 Å². The molecule has 0 aliphatic heterocycles. The van der Waals surface area contributed by atoms with Crippen molar-refractivity contribution in [2.75, 3.05) is 27.5 Å². The van der Waals surface area contributed by atoms with Crippen molar-refractivity contribution in [2.45, 2.75) is 13.2 Å². The van der Waals surface area contributed by atoms with Crippen LogP contribution in [0.5, 0.6) is 0 Å². The Labute approximate surface area is 106 Å². The molecular weight excluding hydrogens is 246 g/mol. The Balaban J connectivity index is 4.85. The van der Waals surface area contributed by atoms with Crippen molar-refractivity contribution in [2.24, 2.45) is 9.98 Å². The molecule has 0 aromatic carbocycles. The summed E-state index contributed by atoms with van der Waals surface area (Å²) in [6.07, 6.45) is 1.87. The first-order chi connectivity index (χ1) is 7.47. The quantitative estimate of drug-likeness (QED) is 0.444. The van der Waals surface area contributed by atoms with Gasteiger partial charge in [0.05, 0.1) is 5.70 Å². The van der Waals surface area contributed by atoms with E-state index in [1.807, 2.05) is 25.1 Å². The molecular formula is C10H18ClN3OS. The zero-order valence-corrected chi connectivity index (χ0v) is 11.9. The third kappa shape index (κ3) is 4.55. The molecule has 1 atom stereocenters. The highest BCUT2D eigenvalue weighted by molar-refractivity contribution is 8.13. The highest BCUT2D eigenvalue weighted by Crippen LogP contribution is 2.12. The zero-order valence-electron chi connectivity index (χ0n) is 10.3. The summed E-state index contributed by atoms with van der Waals surface area (Å²) in [6.45, 7) is 5.68. The summed E-state index contributed by atoms with van der Waals surface area (Å²) >= 11 is 7.32. The molecule has 0 heterocycles. The number of methoxy groups -OCH3 is 1. The molecule has 6 heteroatoms. The zero-order chi connectivity index (χ0) is 12.7. The Bertz CT molecular complexity index is 304. The van der Waals surface area contributed by atoms with E-state index in [0.717, 1.165) is 5.17 Å². The van der Waals surface area contributed by atoms with Gasteiger partial charge in [0.25, 0.3) is 0 Å². The van der Waals surface area contributed by atoms with Gasteiger partial charge in [-0.3, -0.25) is 4.99 Å². The van der Waals surface area contributed by atoms with Crippen molar-refractivity contribution in [3.05, 3.63) is 12.3 Å². The Morgan fingerprint density at radius 1 is 1.56 bits per heavy atom. The minimum absolute atomic E-state index is 0.0589. The molecule has 0 saturated heterocycles. The lowest BCUT2D eigenvalue weighted by molar-refractivity contribution is 0.0368. The van der Waals surface area contributed by atoms with Crippen LogP contribution in [0.4, 0.5) is 0 Å². The fourth-order valence-electron chi connectivity index (χ4n) is 0.873. The molecule has 0 aromatic rings. The van der Waals surface area contributed by atoms with Gasteiger partial charge in [0.15, 0.2) is 5.17 Å². The van der Waals surface area contributed by atoms with E-state index in [-0.39, 0.29) is 6.23 Å². The first-order valence-electron chi connectivity index (χ1n) is 4.67. The molecule has 0 aromatic heterocycles. The molecule has 0 aliphatic rings. The summed E-state index contributed by atoms with van der Waals surface area (Å²) < 4.78 is 5.20. The van der Waals surface area contributed by atoms with Crippen LogP contribution in [-0.2, 0) is 4.74 Å². The molecule has 92 valence electrons. The molecule has 0 fully saturated rings. The summed E-state index contributed by atoms with van der Waals surface area (Å²) in [6, 6.07) is 0. The van der Waals surface area contributed by atoms with Crippen LogP contribution in [0.1, 0.15) is 6.92 Å². The summed E-state index contributed by atoms with van der Waals surface area (Å²) in [5, 5.41) is 1.09. The van der Waals surface area contributed by atoms with E-state index in [9.17, 15) is 0 Å². The van der Waals surface area contributed by atoms with Gasteiger partial charge in [0, 0.05) is 21.2 Å². The topological polar surface area (TPSA) is 37.2 Å². The monoisotopic (exact) mass is 263 g/mol. The molecule has 0 aliphatic carbocycles. The van der Waals surface area contributed by atoms with E-state index in [0.29, 0.717) is 10.9 Å². The van der Waals surface area contributed by atoms with E-state index in [4.69, 9.17) is 16.3 Å². The summed E-state index contributed by atoms with van der Waals surface area (Å²) in [5.74, 6) is 0. The molecule has 0 saturated carbocycles. The second-order valence-corrected chi connectivity index (χ2v) is 4.14. The highest BCUT2D eigenvalue weighted by Gasteiger charge is 2.13. The fourth-order valence-corrected chi connectivity index (χ4v) is 1.55. The number of amidine groups is 1. The van der Waals surface area contributed by atoms with Crippen molar-refractivity contribution in [1.29, 1.82) is 0 Å². The number of halogens is 1. The number of allylic oxidation sites excluding steroid dienone is 1. The second kappa shape index (κ2) is 7.70. The first-order valence-corrected chi connectivity index (χ1v) is 6.28. The van der Waals surface area contributed by atoms with Gasteiger partial charge < -0.3 is 9.64 Å². The van der Waals surface area contributed by atoms with E-state index in [2.05, 4.69) is 16.6 Å². The number of hydrogen-bond donors (Lipinski definition) is 0. The minimum Gasteiger partial charge on any atom is -0.362 e. The predicted octanol–water partition coefficient (Wildman–Crippen LogP) is 2.41. The lowest BCUT2D eigenvalue weighted by atomic mass is 10.5. The van der Waals surface area contributed by atoms with Gasteiger partial charge in [-0.2, -0.15) is 0 Å². The Kier molecular flexibility index (Phi) is 7.45. The maximum atomic E-state index is 5.82. The number of thioether (sulfide) groups is 1. The fraction of sp³-hybridized carbons (Fsp3) is 0.600. The van der Waals surface area contributed by atoms with Crippen LogP contribution in [0, 0.1) is 0 Å². The van der Waals surface area contributed by atoms with Gasteiger partial charge in [-0.05, 0) is 13.2 Å². The minimum atomic E-state index is -0.0589. The number of ether oxygens (including phenoxy) is 1. The molecule has 0 radical (unpaired) electrons. The van der Waals surface area contributed by atoms with Crippen LogP contribution in [0.3, 0.4) is 0 Å². The normalized spacial score (nSPS) is 14.9. The third-order valence-electron chi connectivity index (χ3n) is 2.04. The predicted molar refractivity (Wildman–Crippen MR) is 73.5 cm³/mol. The van der Waals surface area contributed by atoms with Crippen LogP contribution in [0.25, 0.3) is 0 Å². The molecule has 0 rings (SSSR count). The van der Waals surface area contributed by atoms with Crippen molar-refractivity contribution in [3.8, 4) is 0 Å². The lowest BCUT2D eigenvalue weighted by Gasteiger charge is -2.25. The standard InChI is InChI=1S/C10H18ClN3OS/c1-7(9(11)12-3)13-10(16-6)14(4)8(2)15-5/h8H,1H2,2-6H3/b12-9+,13-10+. The van der Waals surface area contributed by atoms with Gasteiger partial charge in [-0.15, -0.1) is 0 Å². The van der Waals surface area contributed by atoms with E-state index in [1.165, 1.54) is 11.8 Å². The number of nitrogens with zero attached hydrogens (tertiary/aromatic N) is 3. The molecule has 0 N–H and O–H groups in total. The van der Waals surface area contributed by atoms with Gasteiger partial charge in [-0.1, -0.05) is 29.9 Å². The molecule has 4 nitrogen and oxygen atoms in total. The van der Waals surface area contributed by atoms with Crippen LogP contribution < -0.4 is 0 Å². The van der Waals surface area contributed by atoms with E-state index < -0.39 is 0 Å². The molecule has 0 bridgehead atoms. The molecule has 0 spiro atoms. The SMILES string of the molecule is C=C(/N=C(/SC)N(C)C(C)OC)/C(Cl)=N\C. The largest absolute Gasteiger partial charge is 0.362 e. The van der Waals surface area contributed by atoms with Crippen molar-refractivity contribution < 1.29 is 4.74 Å². The lowest BCUT2D eigenvalue weighted by Crippen LogP contribution is -2.34. The summed E-state index contributed by atoms with van der Waals surface area (Å²) in [5.41, 5.74) is 0.448. The van der Waals surface area contributed by atoms with Crippen molar-refractivity contribution >= 4 is 33.7 Å². The van der Waals surface area contributed by atoms with Gasteiger partial charge >= 0.3 is 0 Å². The Morgan fingerprint density at radius 3 is 2.50 bits per heavy atom. The molecule has 1 unspecified atom stereocenters. The summed E-state index contributed by atoms with van der Waals surface area (Å²) in [4.78, 5) is 10.0. The van der Waals surface area contributed by atoms with Gasteiger partial charge in [-0.25, -0.2) is 4.99 Å². The second-order valence-electron chi connectivity index (χ2n) is 3.01. The third-order valence-corrected chi connectivity index (χ3v) is 3.17. The van der Waals surface area contributed by atoms with Crippen LogP contribution in [0.15, 0.2) is 22.3 Å². The Hall–Kier alpha value is -0.520. The van der Waals surface area contributed by atoms with Crippen LogP contribution in [0.2, 0.25) is 0 Å². The first kappa shape index (κ1) is 15.5. The average molecular weight is 264 g/mol. The maximum absolute atomic E-state index is 5.82. The van der Waals surface area contributed by atoms with Crippen LogP contribution >= 0.6 is 23.4 Å². The number of aliphatic imine (C=N–C) groups is 2. The summed E-state index contributed by atoms with van der Waals surface area (Å²) in [7, 11) is 5.14.